The molecular formula is C20H30N4O2. The molecule has 2 fully saturated rings. The Morgan fingerprint density at radius 3 is 2.62 bits per heavy atom. The van der Waals surface area contributed by atoms with E-state index >= 15 is 0 Å². The van der Waals surface area contributed by atoms with Crippen molar-refractivity contribution < 1.29 is 4.79 Å². The van der Waals surface area contributed by atoms with Gasteiger partial charge in [-0.2, -0.15) is 5.10 Å². The van der Waals surface area contributed by atoms with Gasteiger partial charge in [0.15, 0.2) is 0 Å². The monoisotopic (exact) mass is 358 g/mol. The summed E-state index contributed by atoms with van der Waals surface area (Å²) < 4.78 is 1.71. The van der Waals surface area contributed by atoms with Crippen LogP contribution in [-0.2, 0) is 24.2 Å². The number of piperidine rings is 1. The summed E-state index contributed by atoms with van der Waals surface area (Å²) in [5.74, 6) is 1.38. The topological polar surface area (TPSA) is 58.4 Å². The van der Waals surface area contributed by atoms with Crippen LogP contribution < -0.4 is 5.56 Å². The van der Waals surface area contributed by atoms with Crippen LogP contribution in [0.3, 0.4) is 0 Å². The highest BCUT2D eigenvalue weighted by atomic mass is 16.2. The van der Waals surface area contributed by atoms with E-state index in [0.717, 1.165) is 89.1 Å². The van der Waals surface area contributed by atoms with Crippen molar-refractivity contribution in [1.29, 1.82) is 0 Å². The van der Waals surface area contributed by atoms with Gasteiger partial charge in [-0.15, -0.1) is 0 Å². The second-order valence-electron chi connectivity index (χ2n) is 8.35. The van der Waals surface area contributed by atoms with Crippen LogP contribution in [-0.4, -0.2) is 58.2 Å². The number of amides is 1. The summed E-state index contributed by atoms with van der Waals surface area (Å²) in [6.45, 7) is 7.58. The third kappa shape index (κ3) is 3.85. The standard InChI is InChI=1S/C20H30N4O2/c1-15(25)23-10-7-17(13-23)12-22-8-5-16(6-9-22)14-24-20(26)11-18-3-2-4-19(18)21-24/h11,16-17H,2-10,12-14H2,1H3. The van der Waals surface area contributed by atoms with Crippen molar-refractivity contribution >= 4 is 5.91 Å². The summed E-state index contributed by atoms with van der Waals surface area (Å²) in [6.07, 6.45) is 6.56. The molecule has 0 radical (unpaired) electrons. The van der Waals surface area contributed by atoms with E-state index in [1.807, 2.05) is 11.0 Å². The Balaban J connectivity index is 1.27. The molecule has 0 aromatic carbocycles. The molecule has 2 aliphatic heterocycles. The predicted molar refractivity (Wildman–Crippen MR) is 100 cm³/mol. The normalized spacial score (nSPS) is 24.2. The Morgan fingerprint density at radius 2 is 1.88 bits per heavy atom. The molecule has 6 heteroatoms. The molecule has 26 heavy (non-hydrogen) atoms. The van der Waals surface area contributed by atoms with Gasteiger partial charge in [-0.05, 0) is 69.0 Å². The van der Waals surface area contributed by atoms with Crippen LogP contribution in [0.25, 0.3) is 0 Å². The summed E-state index contributed by atoms with van der Waals surface area (Å²) in [5, 5.41) is 4.63. The fraction of sp³-hybridized carbons (Fsp3) is 0.750. The highest BCUT2D eigenvalue weighted by Gasteiger charge is 2.28. The van der Waals surface area contributed by atoms with E-state index in [9.17, 15) is 9.59 Å². The second-order valence-corrected chi connectivity index (χ2v) is 8.35. The van der Waals surface area contributed by atoms with E-state index in [1.54, 1.807) is 11.6 Å². The quantitative estimate of drug-likeness (QED) is 0.814. The number of likely N-dealkylation sites (tertiary alicyclic amines) is 2. The molecule has 1 aliphatic carbocycles. The Morgan fingerprint density at radius 1 is 1.12 bits per heavy atom. The molecule has 3 aliphatic rings. The van der Waals surface area contributed by atoms with Gasteiger partial charge < -0.3 is 9.80 Å². The number of fused-ring (bicyclic) bond motifs is 1. The SMILES string of the molecule is CC(=O)N1CCC(CN2CCC(Cn3nc4c(cc3=O)CCC4)CC2)C1. The van der Waals surface area contributed by atoms with E-state index in [-0.39, 0.29) is 11.5 Å². The van der Waals surface area contributed by atoms with Crippen LogP contribution in [0.5, 0.6) is 0 Å². The van der Waals surface area contributed by atoms with Gasteiger partial charge >= 0.3 is 0 Å². The number of aryl methyl sites for hydroxylation is 2. The van der Waals surface area contributed by atoms with Crippen molar-refractivity contribution in [2.75, 3.05) is 32.7 Å². The molecule has 6 nitrogen and oxygen atoms in total. The number of hydrogen-bond donors (Lipinski definition) is 0. The zero-order valence-electron chi connectivity index (χ0n) is 15.8. The summed E-state index contributed by atoms with van der Waals surface area (Å²) >= 11 is 0. The maximum Gasteiger partial charge on any atom is 0.267 e. The van der Waals surface area contributed by atoms with Crippen molar-refractivity contribution in [2.24, 2.45) is 11.8 Å². The molecule has 3 heterocycles. The summed E-state index contributed by atoms with van der Waals surface area (Å²) in [6, 6.07) is 1.81. The van der Waals surface area contributed by atoms with Crippen LogP contribution in [0.1, 0.15) is 43.9 Å². The van der Waals surface area contributed by atoms with Crippen LogP contribution >= 0.6 is 0 Å². The van der Waals surface area contributed by atoms with Gasteiger partial charge in [0, 0.05) is 39.2 Å². The predicted octanol–water partition coefficient (Wildman–Crippen LogP) is 1.31. The van der Waals surface area contributed by atoms with E-state index < -0.39 is 0 Å². The van der Waals surface area contributed by atoms with Gasteiger partial charge in [0.2, 0.25) is 5.91 Å². The first kappa shape index (κ1) is 17.7. The number of rotatable bonds is 4. The second kappa shape index (κ2) is 7.51. The number of aromatic nitrogens is 2. The molecule has 4 rings (SSSR count). The van der Waals surface area contributed by atoms with E-state index in [1.165, 1.54) is 0 Å². The lowest BCUT2D eigenvalue weighted by Crippen LogP contribution is -2.40. The van der Waals surface area contributed by atoms with E-state index in [0.29, 0.717) is 11.8 Å². The Kier molecular flexibility index (Phi) is 5.11. The molecule has 2 saturated heterocycles. The van der Waals surface area contributed by atoms with Crippen molar-refractivity contribution in [1.82, 2.24) is 19.6 Å². The zero-order valence-corrected chi connectivity index (χ0v) is 15.8. The van der Waals surface area contributed by atoms with E-state index in [2.05, 4.69) is 10.00 Å². The van der Waals surface area contributed by atoms with Gasteiger partial charge in [0.1, 0.15) is 0 Å². The molecule has 0 bridgehead atoms. The molecule has 0 spiro atoms. The first-order chi connectivity index (χ1) is 12.6. The van der Waals surface area contributed by atoms with Crippen LogP contribution in [0.15, 0.2) is 10.9 Å². The average Bonchev–Trinajstić information content (AvgIpc) is 3.26. The number of hydrogen-bond acceptors (Lipinski definition) is 4. The maximum atomic E-state index is 12.3. The third-order valence-corrected chi connectivity index (χ3v) is 6.41. The third-order valence-electron chi connectivity index (χ3n) is 6.41. The molecular weight excluding hydrogens is 328 g/mol. The smallest absolute Gasteiger partial charge is 0.267 e. The first-order valence-electron chi connectivity index (χ1n) is 10.2. The Hall–Kier alpha value is -1.69. The minimum absolute atomic E-state index is 0.0726. The van der Waals surface area contributed by atoms with Gasteiger partial charge in [0.05, 0.1) is 5.69 Å². The molecule has 1 unspecified atom stereocenters. The highest BCUT2D eigenvalue weighted by molar-refractivity contribution is 5.73. The molecule has 0 saturated carbocycles. The largest absolute Gasteiger partial charge is 0.343 e. The minimum Gasteiger partial charge on any atom is -0.343 e. The summed E-state index contributed by atoms with van der Waals surface area (Å²) in [5.41, 5.74) is 2.37. The molecule has 1 atom stereocenters. The summed E-state index contributed by atoms with van der Waals surface area (Å²) in [4.78, 5) is 28.3. The lowest BCUT2D eigenvalue weighted by molar-refractivity contribution is -0.127. The molecule has 1 aromatic heterocycles. The minimum atomic E-state index is 0.0726. The lowest BCUT2D eigenvalue weighted by atomic mass is 9.95. The lowest BCUT2D eigenvalue weighted by Gasteiger charge is -2.33. The van der Waals surface area contributed by atoms with Crippen molar-refractivity contribution in [3.63, 3.8) is 0 Å². The highest BCUT2D eigenvalue weighted by Crippen LogP contribution is 2.23. The fourth-order valence-electron chi connectivity index (χ4n) is 4.80. The summed E-state index contributed by atoms with van der Waals surface area (Å²) in [7, 11) is 0. The molecule has 142 valence electrons. The Labute approximate surface area is 155 Å². The number of carbonyl (C=O) groups is 1. The first-order valence-corrected chi connectivity index (χ1v) is 10.2. The molecule has 0 N–H and O–H groups in total. The number of nitrogens with zero attached hydrogens (tertiary/aromatic N) is 4. The van der Waals surface area contributed by atoms with Crippen molar-refractivity contribution in [3.05, 3.63) is 27.7 Å². The van der Waals surface area contributed by atoms with Crippen molar-refractivity contribution in [3.8, 4) is 0 Å². The zero-order chi connectivity index (χ0) is 18.1. The fourth-order valence-corrected chi connectivity index (χ4v) is 4.80. The maximum absolute atomic E-state index is 12.3. The average molecular weight is 358 g/mol. The van der Waals surface area contributed by atoms with Crippen LogP contribution in [0.2, 0.25) is 0 Å². The van der Waals surface area contributed by atoms with Gasteiger partial charge in [-0.3, -0.25) is 9.59 Å². The Bertz CT molecular complexity index is 721. The van der Waals surface area contributed by atoms with Gasteiger partial charge in [0.25, 0.3) is 5.56 Å². The molecule has 1 aromatic rings. The molecule has 1 amide bonds. The van der Waals surface area contributed by atoms with Gasteiger partial charge in [-0.25, -0.2) is 4.68 Å². The van der Waals surface area contributed by atoms with Crippen LogP contribution in [0, 0.1) is 11.8 Å². The van der Waals surface area contributed by atoms with Crippen molar-refractivity contribution in [2.45, 2.75) is 52.0 Å². The number of carbonyl (C=O) groups excluding carboxylic acids is 1. The van der Waals surface area contributed by atoms with Crippen LogP contribution in [0.4, 0.5) is 0 Å². The van der Waals surface area contributed by atoms with E-state index in [4.69, 9.17) is 0 Å². The van der Waals surface area contributed by atoms with Gasteiger partial charge in [-0.1, -0.05) is 0 Å².